The van der Waals surface area contributed by atoms with Gasteiger partial charge in [-0.2, -0.15) is 0 Å². The zero-order chi connectivity index (χ0) is 40.5. The standard InChI is InChI=1S/C44H77O10P/c1-3-5-7-9-11-13-15-17-19-20-22-24-26-28-30-32-34-36-44(48)54-42(40-53-55(49,50)52-38-41(46)37-45)39-51-43(47)35-33-31-29-27-25-23-21-18-16-14-12-10-8-6-4-2/h7,9-10,12-13,15,19-20,24,26,41-42,45-46H,3-6,8,11,14,16-18,21-23,25,27-40H2,1-2H3,(H,49,50)/b9-7+,12-10+,15-13+,20-19+,26-24+/t41-,42+/m0/s1. The first kappa shape index (κ1) is 52.7. The molecule has 0 saturated heterocycles. The maximum atomic E-state index is 12.6. The number of allylic oxidation sites excluding steroid dienone is 10. The van der Waals surface area contributed by atoms with Crippen LogP contribution in [0.15, 0.2) is 60.8 Å². The summed E-state index contributed by atoms with van der Waals surface area (Å²) in [5.41, 5.74) is 0. The average Bonchev–Trinajstić information content (AvgIpc) is 3.17. The molecule has 0 saturated carbocycles. The number of aliphatic hydroxyl groups is 2. The molecule has 0 rings (SSSR count). The van der Waals surface area contributed by atoms with E-state index in [1.165, 1.54) is 64.2 Å². The summed E-state index contributed by atoms with van der Waals surface area (Å²) in [6, 6.07) is 0. The van der Waals surface area contributed by atoms with E-state index in [4.69, 9.17) is 19.1 Å². The molecular weight excluding hydrogens is 719 g/mol. The lowest BCUT2D eigenvalue weighted by Gasteiger charge is -2.20. The number of phosphoric ester groups is 1. The second-order valence-corrected chi connectivity index (χ2v) is 15.5. The van der Waals surface area contributed by atoms with Crippen LogP contribution >= 0.6 is 7.82 Å². The topological polar surface area (TPSA) is 149 Å². The van der Waals surface area contributed by atoms with Crippen molar-refractivity contribution in [1.82, 2.24) is 0 Å². The Balaban J connectivity index is 4.38. The highest BCUT2D eigenvalue weighted by molar-refractivity contribution is 7.47. The van der Waals surface area contributed by atoms with Gasteiger partial charge in [-0.15, -0.1) is 0 Å². The molecule has 0 fully saturated rings. The summed E-state index contributed by atoms with van der Waals surface area (Å²) in [6.45, 7) is 2.23. The monoisotopic (exact) mass is 797 g/mol. The van der Waals surface area contributed by atoms with Crippen LogP contribution in [0.5, 0.6) is 0 Å². The fourth-order valence-corrected chi connectivity index (χ4v) is 6.11. The van der Waals surface area contributed by atoms with Gasteiger partial charge in [-0.25, -0.2) is 4.57 Å². The fraction of sp³-hybridized carbons (Fsp3) is 0.727. The van der Waals surface area contributed by atoms with E-state index in [0.29, 0.717) is 12.8 Å². The molecular formula is C44H77O10P. The Morgan fingerprint density at radius 3 is 1.53 bits per heavy atom. The zero-order valence-corrected chi connectivity index (χ0v) is 35.3. The number of carbonyl (C=O) groups excluding carboxylic acids is 2. The molecule has 318 valence electrons. The number of unbranched alkanes of at least 4 members (excludes halogenated alkanes) is 15. The first-order chi connectivity index (χ1) is 26.7. The third-order valence-electron chi connectivity index (χ3n) is 8.63. The van der Waals surface area contributed by atoms with Crippen LogP contribution in [-0.4, -0.2) is 65.7 Å². The predicted octanol–water partition coefficient (Wildman–Crippen LogP) is 11.1. The van der Waals surface area contributed by atoms with Crippen LogP contribution in [-0.2, 0) is 32.7 Å². The molecule has 0 aromatic carbocycles. The van der Waals surface area contributed by atoms with Gasteiger partial charge in [0.25, 0.3) is 0 Å². The molecule has 0 aliphatic rings. The molecule has 55 heavy (non-hydrogen) atoms. The highest BCUT2D eigenvalue weighted by Crippen LogP contribution is 2.43. The minimum absolute atomic E-state index is 0.144. The van der Waals surface area contributed by atoms with Gasteiger partial charge in [-0.05, 0) is 70.6 Å². The SMILES string of the molecule is CCC/C=C/C/C=C/C/C=C/C/C=C/CCCCCC(=O)O[C@H](COC(=O)CCCCCCCCCCC/C=C/CCCC)COP(=O)(O)OC[C@@H](O)CO. The Kier molecular flexibility index (Phi) is 38.2. The van der Waals surface area contributed by atoms with E-state index in [-0.39, 0.29) is 19.4 Å². The number of aliphatic hydroxyl groups excluding tert-OH is 2. The Bertz CT molecular complexity index is 1100. The van der Waals surface area contributed by atoms with E-state index >= 15 is 0 Å². The van der Waals surface area contributed by atoms with E-state index < -0.39 is 51.8 Å². The third kappa shape index (κ3) is 39.7. The molecule has 0 aromatic heterocycles. The van der Waals surface area contributed by atoms with E-state index in [1.807, 2.05) is 0 Å². The Morgan fingerprint density at radius 1 is 0.545 bits per heavy atom. The molecule has 11 heteroatoms. The lowest BCUT2D eigenvalue weighted by atomic mass is 10.1. The number of esters is 2. The van der Waals surface area contributed by atoms with Crippen LogP contribution < -0.4 is 0 Å². The fourth-order valence-electron chi connectivity index (χ4n) is 5.32. The number of carbonyl (C=O) groups is 2. The van der Waals surface area contributed by atoms with Crippen LogP contribution in [0.1, 0.15) is 168 Å². The molecule has 0 bridgehead atoms. The van der Waals surface area contributed by atoms with Gasteiger partial charge in [-0.3, -0.25) is 18.6 Å². The summed E-state index contributed by atoms with van der Waals surface area (Å²) in [7, 11) is -4.63. The molecule has 0 aromatic rings. The summed E-state index contributed by atoms with van der Waals surface area (Å²) in [5.74, 6) is -0.967. The number of rotatable bonds is 39. The van der Waals surface area contributed by atoms with E-state index in [0.717, 1.165) is 64.2 Å². The van der Waals surface area contributed by atoms with Gasteiger partial charge < -0.3 is 24.6 Å². The third-order valence-corrected chi connectivity index (χ3v) is 9.58. The summed E-state index contributed by atoms with van der Waals surface area (Å²) in [5, 5.41) is 18.3. The second-order valence-electron chi connectivity index (χ2n) is 14.0. The van der Waals surface area contributed by atoms with Crippen LogP contribution in [0.4, 0.5) is 0 Å². The number of phosphoric acid groups is 1. The van der Waals surface area contributed by atoms with Crippen molar-refractivity contribution in [2.75, 3.05) is 26.4 Å². The van der Waals surface area contributed by atoms with Crippen molar-refractivity contribution in [2.24, 2.45) is 0 Å². The highest BCUT2D eigenvalue weighted by Gasteiger charge is 2.27. The summed E-state index contributed by atoms with van der Waals surface area (Å²) < 4.78 is 32.7. The van der Waals surface area contributed by atoms with Crippen molar-refractivity contribution in [3.63, 3.8) is 0 Å². The summed E-state index contributed by atoms with van der Waals surface area (Å²) in [6.07, 6.45) is 43.2. The molecule has 0 amide bonds. The van der Waals surface area contributed by atoms with E-state index in [2.05, 4.69) is 79.1 Å². The minimum Gasteiger partial charge on any atom is -0.462 e. The molecule has 3 N–H and O–H groups in total. The quantitative estimate of drug-likeness (QED) is 0.0237. The predicted molar refractivity (Wildman–Crippen MR) is 224 cm³/mol. The Morgan fingerprint density at radius 2 is 0.982 bits per heavy atom. The largest absolute Gasteiger partial charge is 0.472 e. The van der Waals surface area contributed by atoms with E-state index in [1.54, 1.807) is 0 Å². The Hall–Kier alpha value is -2.33. The number of ether oxygens (including phenoxy) is 2. The van der Waals surface area contributed by atoms with Crippen molar-refractivity contribution < 1.29 is 47.8 Å². The first-order valence-corrected chi connectivity index (χ1v) is 22.7. The highest BCUT2D eigenvalue weighted by atomic mass is 31.2. The second kappa shape index (κ2) is 39.9. The Labute approximate surface area is 334 Å². The van der Waals surface area contributed by atoms with Crippen molar-refractivity contribution in [2.45, 2.75) is 180 Å². The normalized spacial score (nSPS) is 14.5. The van der Waals surface area contributed by atoms with Gasteiger partial charge in [0.05, 0.1) is 19.8 Å². The molecule has 0 heterocycles. The summed E-state index contributed by atoms with van der Waals surface area (Å²) in [4.78, 5) is 35.0. The number of hydrogen-bond acceptors (Lipinski definition) is 9. The lowest BCUT2D eigenvalue weighted by Crippen LogP contribution is -2.29. The minimum atomic E-state index is -4.63. The van der Waals surface area contributed by atoms with Crippen molar-refractivity contribution in [3.05, 3.63) is 60.8 Å². The van der Waals surface area contributed by atoms with Crippen molar-refractivity contribution in [3.8, 4) is 0 Å². The van der Waals surface area contributed by atoms with Gasteiger partial charge in [0.1, 0.15) is 12.7 Å². The average molecular weight is 797 g/mol. The van der Waals surface area contributed by atoms with E-state index in [9.17, 15) is 24.2 Å². The maximum absolute atomic E-state index is 12.6. The molecule has 0 spiro atoms. The smallest absolute Gasteiger partial charge is 0.462 e. The van der Waals surface area contributed by atoms with Crippen LogP contribution in [0, 0.1) is 0 Å². The van der Waals surface area contributed by atoms with Crippen molar-refractivity contribution >= 4 is 19.8 Å². The lowest BCUT2D eigenvalue weighted by molar-refractivity contribution is -0.161. The number of hydrogen-bond donors (Lipinski definition) is 3. The van der Waals surface area contributed by atoms with Crippen molar-refractivity contribution in [1.29, 1.82) is 0 Å². The molecule has 0 aliphatic carbocycles. The van der Waals surface area contributed by atoms with Gasteiger partial charge >= 0.3 is 19.8 Å². The summed E-state index contributed by atoms with van der Waals surface area (Å²) >= 11 is 0. The molecule has 3 atom stereocenters. The van der Waals surface area contributed by atoms with Gasteiger partial charge in [0, 0.05) is 12.8 Å². The zero-order valence-electron chi connectivity index (χ0n) is 34.4. The van der Waals surface area contributed by atoms with Crippen LogP contribution in [0.2, 0.25) is 0 Å². The molecule has 0 aliphatic heterocycles. The van der Waals surface area contributed by atoms with Crippen LogP contribution in [0.25, 0.3) is 0 Å². The van der Waals surface area contributed by atoms with Gasteiger partial charge in [-0.1, -0.05) is 145 Å². The van der Waals surface area contributed by atoms with Gasteiger partial charge in [0.15, 0.2) is 6.10 Å². The molecule has 0 radical (unpaired) electrons. The molecule has 1 unspecified atom stereocenters. The first-order valence-electron chi connectivity index (χ1n) is 21.2. The van der Waals surface area contributed by atoms with Gasteiger partial charge in [0.2, 0.25) is 0 Å². The molecule has 10 nitrogen and oxygen atoms in total. The maximum Gasteiger partial charge on any atom is 0.472 e. The van der Waals surface area contributed by atoms with Crippen LogP contribution in [0.3, 0.4) is 0 Å².